The molecule has 2 amide bonds. The molecule has 0 spiro atoms. The number of nitrogens with one attached hydrogen (secondary N) is 1. The first-order chi connectivity index (χ1) is 14.6. The first-order valence-corrected chi connectivity index (χ1v) is 9.99. The Morgan fingerprint density at radius 1 is 1.23 bits per heavy atom. The number of primary amides is 1. The molecule has 1 heterocycles. The van der Waals surface area contributed by atoms with Gasteiger partial charge in [-0.3, -0.25) is 14.5 Å². The second kappa shape index (κ2) is 9.53. The average Bonchev–Trinajstić information content (AvgIpc) is 3.15. The smallest absolute Gasteiger partial charge is 0.368 e. The van der Waals surface area contributed by atoms with Crippen LogP contribution in [-0.2, 0) is 22.3 Å². The fraction of sp³-hybridized carbons (Fsp3) is 0.273. The van der Waals surface area contributed by atoms with E-state index < -0.39 is 22.7 Å². The van der Waals surface area contributed by atoms with Gasteiger partial charge in [-0.25, -0.2) is 0 Å². The van der Waals surface area contributed by atoms with Gasteiger partial charge in [0.15, 0.2) is 0 Å². The number of hydrogen-bond acceptors (Lipinski definition) is 3. The highest BCUT2D eigenvalue weighted by Crippen LogP contribution is 2.35. The van der Waals surface area contributed by atoms with Gasteiger partial charge in [0.1, 0.15) is 0 Å². The van der Waals surface area contributed by atoms with Crippen molar-refractivity contribution in [3.8, 4) is 0 Å². The summed E-state index contributed by atoms with van der Waals surface area (Å²) in [6.07, 6.45) is -0.508. The molecule has 9 heteroatoms. The number of benzene rings is 2. The minimum atomic E-state index is -4.58. The number of nitrogens with zero attached hydrogens (tertiary/aromatic N) is 1. The quantitative estimate of drug-likeness (QED) is 0.637. The summed E-state index contributed by atoms with van der Waals surface area (Å²) in [6.45, 7) is 1.30. The summed E-state index contributed by atoms with van der Waals surface area (Å²) in [5.74, 6) is -0.834. The predicted octanol–water partition coefficient (Wildman–Crippen LogP) is 4.46. The summed E-state index contributed by atoms with van der Waals surface area (Å²) in [5.41, 5.74) is 6.13. The Labute approximate surface area is 182 Å². The van der Waals surface area contributed by atoms with E-state index in [2.05, 4.69) is 5.32 Å². The third kappa shape index (κ3) is 6.08. The molecule has 31 heavy (non-hydrogen) atoms. The minimum Gasteiger partial charge on any atom is -0.368 e. The van der Waals surface area contributed by atoms with E-state index in [1.807, 2.05) is 11.0 Å². The van der Waals surface area contributed by atoms with Crippen molar-refractivity contribution in [2.24, 2.45) is 5.73 Å². The van der Waals surface area contributed by atoms with Crippen LogP contribution < -0.4 is 11.1 Å². The van der Waals surface area contributed by atoms with Gasteiger partial charge in [-0.2, -0.15) is 13.2 Å². The highest BCUT2D eigenvalue weighted by molar-refractivity contribution is 6.31. The van der Waals surface area contributed by atoms with Gasteiger partial charge in [0.05, 0.1) is 16.6 Å². The van der Waals surface area contributed by atoms with Gasteiger partial charge in [-0.05, 0) is 60.9 Å². The van der Waals surface area contributed by atoms with Crippen LogP contribution in [0.2, 0.25) is 5.02 Å². The SMILES string of the molecule is NC(=O)C1CCCN1Cc1cccc(NC(=O)C=Cc2ccc(Cl)c(C(F)(F)F)c2)c1. The zero-order valence-corrected chi connectivity index (χ0v) is 17.2. The molecule has 2 aromatic carbocycles. The number of carbonyl (C=O) groups excluding carboxylic acids is 2. The number of halogens is 4. The van der Waals surface area contributed by atoms with Crippen molar-refractivity contribution in [3.63, 3.8) is 0 Å². The van der Waals surface area contributed by atoms with Gasteiger partial charge in [-0.15, -0.1) is 0 Å². The van der Waals surface area contributed by atoms with E-state index in [9.17, 15) is 22.8 Å². The van der Waals surface area contributed by atoms with Crippen LogP contribution in [0.15, 0.2) is 48.5 Å². The lowest BCUT2D eigenvalue weighted by molar-refractivity contribution is -0.137. The van der Waals surface area contributed by atoms with Gasteiger partial charge in [0.2, 0.25) is 11.8 Å². The number of anilines is 1. The number of alkyl halides is 3. The molecule has 0 aromatic heterocycles. The molecule has 1 aliphatic heterocycles. The fourth-order valence-electron chi connectivity index (χ4n) is 3.54. The summed E-state index contributed by atoms with van der Waals surface area (Å²) in [6, 6.07) is 10.3. The highest BCUT2D eigenvalue weighted by atomic mass is 35.5. The van der Waals surface area contributed by atoms with Crippen molar-refractivity contribution in [1.82, 2.24) is 4.90 Å². The summed E-state index contributed by atoms with van der Waals surface area (Å²) < 4.78 is 38.8. The largest absolute Gasteiger partial charge is 0.417 e. The third-order valence-corrected chi connectivity index (χ3v) is 5.32. The van der Waals surface area contributed by atoms with Crippen LogP contribution in [0.3, 0.4) is 0 Å². The number of amides is 2. The number of carbonyl (C=O) groups is 2. The van der Waals surface area contributed by atoms with Crippen molar-refractivity contribution in [2.45, 2.75) is 31.6 Å². The van der Waals surface area contributed by atoms with E-state index in [1.165, 1.54) is 12.1 Å². The normalized spacial score (nSPS) is 17.2. The van der Waals surface area contributed by atoms with Gasteiger partial charge in [0, 0.05) is 18.3 Å². The van der Waals surface area contributed by atoms with E-state index in [0.717, 1.165) is 43.2 Å². The van der Waals surface area contributed by atoms with Gasteiger partial charge >= 0.3 is 6.18 Å². The molecule has 0 saturated carbocycles. The Hall–Kier alpha value is -2.84. The molecule has 5 nitrogen and oxygen atoms in total. The molecule has 1 saturated heterocycles. The van der Waals surface area contributed by atoms with Crippen LogP contribution in [-0.4, -0.2) is 29.3 Å². The molecule has 164 valence electrons. The lowest BCUT2D eigenvalue weighted by Crippen LogP contribution is -2.39. The van der Waals surface area contributed by atoms with Crippen molar-refractivity contribution in [2.75, 3.05) is 11.9 Å². The van der Waals surface area contributed by atoms with Crippen LogP contribution in [0.25, 0.3) is 6.08 Å². The van der Waals surface area contributed by atoms with Gasteiger partial charge in [-0.1, -0.05) is 29.8 Å². The molecule has 1 atom stereocenters. The Morgan fingerprint density at radius 3 is 2.71 bits per heavy atom. The van der Waals surface area contributed by atoms with Crippen LogP contribution >= 0.6 is 11.6 Å². The number of hydrogen-bond donors (Lipinski definition) is 2. The molecule has 1 fully saturated rings. The number of nitrogens with two attached hydrogens (primary N) is 1. The lowest BCUT2D eigenvalue weighted by atomic mass is 10.1. The summed E-state index contributed by atoms with van der Waals surface area (Å²) >= 11 is 5.60. The molecule has 0 bridgehead atoms. The summed E-state index contributed by atoms with van der Waals surface area (Å²) in [7, 11) is 0. The Kier molecular flexibility index (Phi) is 7.02. The van der Waals surface area contributed by atoms with Crippen molar-refractivity contribution in [3.05, 3.63) is 70.3 Å². The number of likely N-dealkylation sites (tertiary alicyclic amines) is 1. The fourth-order valence-corrected chi connectivity index (χ4v) is 3.76. The first-order valence-electron chi connectivity index (χ1n) is 9.61. The van der Waals surface area contributed by atoms with E-state index >= 15 is 0 Å². The van der Waals surface area contributed by atoms with Gasteiger partial charge < -0.3 is 11.1 Å². The summed E-state index contributed by atoms with van der Waals surface area (Å²) in [5, 5.41) is 2.28. The molecule has 0 aliphatic carbocycles. The molecule has 1 aliphatic rings. The Balaban J connectivity index is 1.65. The minimum absolute atomic E-state index is 0.201. The standard InChI is InChI=1S/C22H21ClF3N3O2/c23-18-8-6-14(12-17(18)22(24,25)26)7-9-20(30)28-16-4-1-3-15(11-16)13-29-10-2-5-19(29)21(27)31/h1,3-4,6-9,11-12,19H,2,5,10,13H2,(H2,27,31)(H,28,30). The zero-order chi connectivity index (χ0) is 22.6. The lowest BCUT2D eigenvalue weighted by Gasteiger charge is -2.22. The van der Waals surface area contributed by atoms with E-state index in [0.29, 0.717) is 12.2 Å². The van der Waals surface area contributed by atoms with Crippen molar-refractivity contribution >= 4 is 35.2 Å². The average molecular weight is 452 g/mol. The molecule has 3 rings (SSSR count). The second-order valence-electron chi connectivity index (χ2n) is 7.29. The van der Waals surface area contributed by atoms with E-state index in [4.69, 9.17) is 17.3 Å². The predicted molar refractivity (Wildman–Crippen MR) is 113 cm³/mol. The van der Waals surface area contributed by atoms with Crippen LogP contribution in [0.4, 0.5) is 18.9 Å². The molecule has 1 unspecified atom stereocenters. The second-order valence-corrected chi connectivity index (χ2v) is 7.70. The highest BCUT2D eigenvalue weighted by Gasteiger charge is 2.33. The first kappa shape index (κ1) is 22.8. The van der Waals surface area contributed by atoms with Crippen LogP contribution in [0, 0.1) is 0 Å². The molecular formula is C22H21ClF3N3O2. The van der Waals surface area contributed by atoms with Crippen molar-refractivity contribution in [1.29, 1.82) is 0 Å². The third-order valence-electron chi connectivity index (χ3n) is 5.00. The summed E-state index contributed by atoms with van der Waals surface area (Å²) in [4.78, 5) is 25.8. The molecule has 3 N–H and O–H groups in total. The molecule has 0 radical (unpaired) electrons. The zero-order valence-electron chi connectivity index (χ0n) is 16.5. The van der Waals surface area contributed by atoms with Crippen LogP contribution in [0.5, 0.6) is 0 Å². The van der Waals surface area contributed by atoms with Gasteiger partial charge in [0.25, 0.3) is 0 Å². The maximum absolute atomic E-state index is 12.9. The van der Waals surface area contributed by atoms with E-state index in [-0.39, 0.29) is 17.5 Å². The molecular weight excluding hydrogens is 431 g/mol. The Morgan fingerprint density at radius 2 is 2.00 bits per heavy atom. The Bertz CT molecular complexity index is 1010. The number of rotatable bonds is 6. The topological polar surface area (TPSA) is 75.4 Å². The van der Waals surface area contributed by atoms with E-state index in [1.54, 1.807) is 18.2 Å². The maximum atomic E-state index is 12.9. The maximum Gasteiger partial charge on any atom is 0.417 e. The molecule has 2 aromatic rings. The van der Waals surface area contributed by atoms with Crippen LogP contribution in [0.1, 0.15) is 29.5 Å². The van der Waals surface area contributed by atoms with Crippen molar-refractivity contribution < 1.29 is 22.8 Å². The monoisotopic (exact) mass is 451 g/mol.